The Morgan fingerprint density at radius 2 is 1.56 bits per heavy atom. The summed E-state index contributed by atoms with van der Waals surface area (Å²) in [7, 11) is -2.10. The molecule has 0 fully saturated rings. The number of anilines is 2. The summed E-state index contributed by atoms with van der Waals surface area (Å²) >= 11 is 0. The molecular formula is C21H22N2O3S. The van der Waals surface area contributed by atoms with Gasteiger partial charge in [0.05, 0.1) is 12.0 Å². The molecule has 6 heteroatoms. The first kappa shape index (κ1) is 18.8. The topological polar surface area (TPSA) is 67.4 Å². The lowest BCUT2D eigenvalue weighted by atomic mass is 10.1. The quantitative estimate of drug-likeness (QED) is 0.635. The molecule has 27 heavy (non-hydrogen) atoms. The number of hydrogen-bond acceptors (Lipinski definition) is 4. The largest absolute Gasteiger partial charge is 0.497 e. The summed E-state index contributed by atoms with van der Waals surface area (Å²) in [5.74, 6) is 0.609. The second kappa shape index (κ2) is 8.14. The Bertz CT molecular complexity index is 998. The van der Waals surface area contributed by atoms with Gasteiger partial charge >= 0.3 is 0 Å². The SMILES string of the molecule is COc1ccc(S(=O)(=O)Nc2ccc(NCc3cccc(C)c3)cc2)cc1. The van der Waals surface area contributed by atoms with Gasteiger partial charge in [0.1, 0.15) is 5.75 Å². The van der Waals surface area contributed by atoms with Gasteiger partial charge in [-0.3, -0.25) is 4.72 Å². The van der Waals surface area contributed by atoms with E-state index in [1.54, 1.807) is 24.3 Å². The normalized spacial score (nSPS) is 11.0. The fourth-order valence-electron chi connectivity index (χ4n) is 2.65. The summed E-state index contributed by atoms with van der Waals surface area (Å²) in [6.45, 7) is 2.77. The predicted molar refractivity (Wildman–Crippen MR) is 109 cm³/mol. The monoisotopic (exact) mass is 382 g/mol. The Labute approximate surface area is 160 Å². The van der Waals surface area contributed by atoms with Gasteiger partial charge in [0.2, 0.25) is 0 Å². The Hall–Kier alpha value is -2.99. The first-order valence-corrected chi connectivity index (χ1v) is 10.0. The molecule has 0 aromatic heterocycles. The van der Waals surface area contributed by atoms with Gasteiger partial charge in [-0.25, -0.2) is 8.42 Å². The molecule has 0 radical (unpaired) electrons. The summed E-state index contributed by atoms with van der Waals surface area (Å²) in [4.78, 5) is 0.185. The highest BCUT2D eigenvalue weighted by atomic mass is 32.2. The zero-order valence-electron chi connectivity index (χ0n) is 15.3. The summed E-state index contributed by atoms with van der Waals surface area (Å²) in [5, 5.41) is 3.33. The third kappa shape index (κ3) is 5.01. The van der Waals surface area contributed by atoms with Crippen LogP contribution in [0.25, 0.3) is 0 Å². The van der Waals surface area contributed by atoms with Gasteiger partial charge in [0.25, 0.3) is 10.0 Å². The van der Waals surface area contributed by atoms with E-state index in [1.165, 1.54) is 30.4 Å². The molecule has 0 saturated carbocycles. The average molecular weight is 382 g/mol. The molecule has 0 amide bonds. The van der Waals surface area contributed by atoms with Crippen molar-refractivity contribution in [2.75, 3.05) is 17.1 Å². The van der Waals surface area contributed by atoms with Crippen LogP contribution in [0.5, 0.6) is 5.75 Å². The van der Waals surface area contributed by atoms with E-state index in [0.29, 0.717) is 18.0 Å². The minimum Gasteiger partial charge on any atom is -0.497 e. The van der Waals surface area contributed by atoms with E-state index in [9.17, 15) is 8.42 Å². The number of methoxy groups -OCH3 is 1. The highest BCUT2D eigenvalue weighted by molar-refractivity contribution is 7.92. The van der Waals surface area contributed by atoms with Gasteiger partial charge in [0.15, 0.2) is 0 Å². The van der Waals surface area contributed by atoms with Crippen LogP contribution in [0.15, 0.2) is 77.7 Å². The summed E-state index contributed by atoms with van der Waals surface area (Å²) in [5.41, 5.74) is 3.84. The smallest absolute Gasteiger partial charge is 0.261 e. The molecule has 0 spiro atoms. The molecule has 0 saturated heterocycles. The van der Waals surface area contributed by atoms with Crippen molar-refractivity contribution in [2.24, 2.45) is 0 Å². The van der Waals surface area contributed by atoms with E-state index >= 15 is 0 Å². The molecule has 0 atom stereocenters. The van der Waals surface area contributed by atoms with Gasteiger partial charge < -0.3 is 10.1 Å². The Morgan fingerprint density at radius 3 is 2.19 bits per heavy atom. The lowest BCUT2D eigenvalue weighted by Crippen LogP contribution is -2.12. The molecule has 3 aromatic rings. The van der Waals surface area contributed by atoms with Crippen LogP contribution in [0.1, 0.15) is 11.1 Å². The molecule has 0 aliphatic carbocycles. The molecule has 5 nitrogen and oxygen atoms in total. The first-order valence-electron chi connectivity index (χ1n) is 8.53. The second-order valence-electron chi connectivity index (χ2n) is 6.20. The molecule has 0 unspecified atom stereocenters. The predicted octanol–water partition coefficient (Wildman–Crippen LogP) is 4.42. The highest BCUT2D eigenvalue weighted by Gasteiger charge is 2.14. The van der Waals surface area contributed by atoms with Crippen molar-refractivity contribution in [3.63, 3.8) is 0 Å². The number of rotatable bonds is 7. The van der Waals surface area contributed by atoms with Crippen molar-refractivity contribution in [1.29, 1.82) is 0 Å². The van der Waals surface area contributed by atoms with E-state index in [-0.39, 0.29) is 4.90 Å². The van der Waals surface area contributed by atoms with Gasteiger partial charge in [-0.1, -0.05) is 29.8 Å². The van der Waals surface area contributed by atoms with Crippen molar-refractivity contribution in [2.45, 2.75) is 18.4 Å². The van der Waals surface area contributed by atoms with Crippen molar-refractivity contribution in [3.8, 4) is 5.75 Å². The maximum atomic E-state index is 12.5. The Kier molecular flexibility index (Phi) is 5.66. The molecule has 0 aliphatic rings. The van der Waals surface area contributed by atoms with Crippen LogP contribution in [0.2, 0.25) is 0 Å². The number of benzene rings is 3. The van der Waals surface area contributed by atoms with Crippen molar-refractivity contribution >= 4 is 21.4 Å². The van der Waals surface area contributed by atoms with Gasteiger partial charge in [-0.2, -0.15) is 0 Å². The lowest BCUT2D eigenvalue weighted by Gasteiger charge is -2.11. The Morgan fingerprint density at radius 1 is 0.889 bits per heavy atom. The van der Waals surface area contributed by atoms with E-state index in [4.69, 9.17) is 4.74 Å². The molecule has 0 aliphatic heterocycles. The molecule has 140 valence electrons. The van der Waals surface area contributed by atoms with Crippen LogP contribution < -0.4 is 14.8 Å². The summed E-state index contributed by atoms with van der Waals surface area (Å²) in [6.07, 6.45) is 0. The number of sulfonamides is 1. The highest BCUT2D eigenvalue weighted by Crippen LogP contribution is 2.21. The van der Waals surface area contributed by atoms with Gasteiger partial charge in [-0.05, 0) is 61.0 Å². The fourth-order valence-corrected chi connectivity index (χ4v) is 3.71. The fraction of sp³-hybridized carbons (Fsp3) is 0.143. The van der Waals surface area contributed by atoms with Gasteiger partial charge in [0, 0.05) is 17.9 Å². The number of aryl methyl sites for hydroxylation is 1. The third-order valence-electron chi connectivity index (χ3n) is 4.09. The van der Waals surface area contributed by atoms with Crippen LogP contribution in [0, 0.1) is 6.92 Å². The third-order valence-corrected chi connectivity index (χ3v) is 5.48. The summed E-state index contributed by atoms with van der Waals surface area (Å²) < 4.78 is 32.6. The number of nitrogens with one attached hydrogen (secondary N) is 2. The van der Waals surface area contributed by atoms with Crippen LogP contribution in [-0.4, -0.2) is 15.5 Å². The molecule has 3 rings (SSSR count). The zero-order valence-corrected chi connectivity index (χ0v) is 16.1. The molecule has 2 N–H and O–H groups in total. The second-order valence-corrected chi connectivity index (χ2v) is 7.88. The molecule has 3 aromatic carbocycles. The maximum absolute atomic E-state index is 12.5. The molecule has 0 bridgehead atoms. The van der Waals surface area contributed by atoms with Crippen LogP contribution in [0.3, 0.4) is 0 Å². The van der Waals surface area contributed by atoms with Crippen LogP contribution in [0.4, 0.5) is 11.4 Å². The van der Waals surface area contributed by atoms with Crippen molar-refractivity contribution in [1.82, 2.24) is 0 Å². The average Bonchev–Trinajstić information content (AvgIpc) is 2.67. The standard InChI is InChI=1S/C21H22N2O3S/c1-16-4-3-5-17(14-16)15-22-18-6-8-19(9-7-18)23-27(24,25)21-12-10-20(26-2)11-13-21/h3-14,22-23H,15H2,1-2H3. The van der Waals surface area contributed by atoms with Gasteiger partial charge in [-0.15, -0.1) is 0 Å². The minimum atomic E-state index is -3.64. The van der Waals surface area contributed by atoms with Crippen LogP contribution in [-0.2, 0) is 16.6 Å². The minimum absolute atomic E-state index is 0.185. The van der Waals surface area contributed by atoms with E-state index in [0.717, 1.165) is 5.69 Å². The molecule has 0 heterocycles. The number of ether oxygens (including phenoxy) is 1. The first-order chi connectivity index (χ1) is 13.0. The zero-order chi connectivity index (χ0) is 19.3. The lowest BCUT2D eigenvalue weighted by molar-refractivity contribution is 0.414. The Balaban J connectivity index is 1.64. The van der Waals surface area contributed by atoms with Crippen molar-refractivity contribution in [3.05, 3.63) is 83.9 Å². The van der Waals surface area contributed by atoms with Crippen molar-refractivity contribution < 1.29 is 13.2 Å². The van der Waals surface area contributed by atoms with E-state index < -0.39 is 10.0 Å². The number of hydrogen-bond donors (Lipinski definition) is 2. The molecular weight excluding hydrogens is 360 g/mol. The van der Waals surface area contributed by atoms with Crippen LogP contribution >= 0.6 is 0 Å². The van der Waals surface area contributed by atoms with E-state index in [2.05, 4.69) is 35.2 Å². The van der Waals surface area contributed by atoms with E-state index in [1.807, 2.05) is 18.2 Å². The summed E-state index contributed by atoms with van der Waals surface area (Å²) in [6, 6.07) is 21.7. The maximum Gasteiger partial charge on any atom is 0.261 e.